The first-order chi connectivity index (χ1) is 13.3. The summed E-state index contributed by atoms with van der Waals surface area (Å²) in [5, 5.41) is 1.86. The molecule has 0 saturated heterocycles. The number of carbonyl (C=O) groups excluding carboxylic acids is 1. The number of amides is 1. The standard InChI is InChI=1S/C19H20ClF3N2O3S/c1-4-17(25(29(3,27)28)14-8-5-12(2)6-9-14)18(26)24-13-7-10-16(20)15(11-13)19(21,22)23/h5-11,17H,4H2,1-3H3,(H,24,26). The van der Waals surface area contributed by atoms with Gasteiger partial charge in [0.1, 0.15) is 6.04 Å². The summed E-state index contributed by atoms with van der Waals surface area (Å²) in [6, 6.07) is 8.34. The van der Waals surface area contributed by atoms with Gasteiger partial charge < -0.3 is 5.32 Å². The molecule has 0 fully saturated rings. The third-order valence-electron chi connectivity index (χ3n) is 4.16. The molecule has 2 aromatic carbocycles. The molecule has 0 heterocycles. The maximum atomic E-state index is 13.0. The fourth-order valence-electron chi connectivity index (χ4n) is 2.80. The quantitative estimate of drug-likeness (QED) is 0.687. The van der Waals surface area contributed by atoms with Crippen molar-refractivity contribution in [2.24, 2.45) is 0 Å². The zero-order valence-electron chi connectivity index (χ0n) is 15.9. The summed E-state index contributed by atoms with van der Waals surface area (Å²) in [6.45, 7) is 3.44. The molecule has 2 rings (SSSR count). The highest BCUT2D eigenvalue weighted by atomic mass is 35.5. The number of sulfonamides is 1. The van der Waals surface area contributed by atoms with Crippen LogP contribution in [-0.2, 0) is 21.0 Å². The third kappa shape index (κ3) is 5.63. The van der Waals surface area contributed by atoms with Crippen LogP contribution in [0.25, 0.3) is 0 Å². The van der Waals surface area contributed by atoms with E-state index in [1.807, 2.05) is 6.92 Å². The van der Waals surface area contributed by atoms with Crippen LogP contribution in [0.5, 0.6) is 0 Å². The summed E-state index contributed by atoms with van der Waals surface area (Å²) in [7, 11) is -3.85. The predicted molar refractivity (Wildman–Crippen MR) is 108 cm³/mol. The largest absolute Gasteiger partial charge is 0.417 e. The minimum atomic E-state index is -4.69. The van der Waals surface area contributed by atoms with Crippen molar-refractivity contribution in [2.45, 2.75) is 32.5 Å². The minimum Gasteiger partial charge on any atom is -0.324 e. The van der Waals surface area contributed by atoms with Gasteiger partial charge in [0.2, 0.25) is 15.9 Å². The lowest BCUT2D eigenvalue weighted by Gasteiger charge is -2.30. The van der Waals surface area contributed by atoms with Gasteiger partial charge in [-0.3, -0.25) is 9.10 Å². The summed E-state index contributed by atoms with van der Waals surface area (Å²) in [5.74, 6) is -0.756. The molecule has 1 atom stereocenters. The number of carbonyl (C=O) groups is 1. The fraction of sp³-hybridized carbons (Fsp3) is 0.316. The highest BCUT2D eigenvalue weighted by Gasteiger charge is 2.35. The number of anilines is 2. The molecule has 0 aromatic heterocycles. The van der Waals surface area contributed by atoms with E-state index in [1.165, 1.54) is 6.07 Å². The zero-order chi connectivity index (χ0) is 22.0. The second-order valence-electron chi connectivity index (χ2n) is 6.50. The Morgan fingerprint density at radius 2 is 1.76 bits per heavy atom. The highest BCUT2D eigenvalue weighted by Crippen LogP contribution is 2.36. The van der Waals surface area contributed by atoms with E-state index in [0.29, 0.717) is 6.07 Å². The number of hydrogen-bond acceptors (Lipinski definition) is 3. The Morgan fingerprint density at radius 1 is 1.17 bits per heavy atom. The number of hydrogen-bond donors (Lipinski definition) is 1. The van der Waals surface area contributed by atoms with E-state index >= 15 is 0 Å². The Bertz CT molecular complexity index is 993. The van der Waals surface area contributed by atoms with E-state index < -0.39 is 38.7 Å². The third-order valence-corrected chi connectivity index (χ3v) is 5.67. The lowest BCUT2D eigenvalue weighted by molar-refractivity contribution is -0.137. The number of rotatable bonds is 6. The summed E-state index contributed by atoms with van der Waals surface area (Å²) < 4.78 is 64.9. The van der Waals surface area contributed by atoms with E-state index in [9.17, 15) is 26.4 Å². The van der Waals surface area contributed by atoms with Gasteiger partial charge in [-0.15, -0.1) is 0 Å². The second-order valence-corrected chi connectivity index (χ2v) is 8.77. The number of nitrogens with one attached hydrogen (secondary N) is 1. The Hall–Kier alpha value is -2.26. The minimum absolute atomic E-state index is 0.104. The summed E-state index contributed by atoms with van der Waals surface area (Å²) in [6.07, 6.45) is -3.62. The van der Waals surface area contributed by atoms with Crippen LogP contribution < -0.4 is 9.62 Å². The first-order valence-electron chi connectivity index (χ1n) is 8.58. The molecule has 0 aliphatic heterocycles. The van der Waals surface area contributed by atoms with Gasteiger partial charge in [-0.2, -0.15) is 13.2 Å². The molecule has 2 aromatic rings. The van der Waals surface area contributed by atoms with Crippen molar-refractivity contribution >= 4 is 38.9 Å². The highest BCUT2D eigenvalue weighted by molar-refractivity contribution is 7.92. The van der Waals surface area contributed by atoms with E-state index in [0.717, 1.165) is 22.2 Å². The van der Waals surface area contributed by atoms with E-state index in [2.05, 4.69) is 5.32 Å². The molecule has 1 amide bonds. The van der Waals surface area contributed by atoms with Gasteiger partial charge in [0.25, 0.3) is 0 Å². The smallest absolute Gasteiger partial charge is 0.324 e. The maximum absolute atomic E-state index is 13.0. The van der Waals surface area contributed by atoms with Gasteiger partial charge in [-0.1, -0.05) is 36.2 Å². The molecule has 0 radical (unpaired) electrons. The van der Waals surface area contributed by atoms with Crippen LogP contribution in [0.1, 0.15) is 24.5 Å². The van der Waals surface area contributed by atoms with Crippen LogP contribution in [-0.4, -0.2) is 26.6 Å². The van der Waals surface area contributed by atoms with Crippen molar-refractivity contribution in [1.29, 1.82) is 0 Å². The first-order valence-corrected chi connectivity index (χ1v) is 10.8. The van der Waals surface area contributed by atoms with Crippen LogP contribution in [0, 0.1) is 6.92 Å². The molecule has 5 nitrogen and oxygen atoms in total. The molecular weight excluding hydrogens is 429 g/mol. The van der Waals surface area contributed by atoms with Gasteiger partial charge in [0, 0.05) is 5.69 Å². The Balaban J connectivity index is 2.39. The molecule has 0 aliphatic rings. The Morgan fingerprint density at radius 3 is 2.24 bits per heavy atom. The number of benzene rings is 2. The lowest BCUT2D eigenvalue weighted by Crippen LogP contribution is -2.47. The van der Waals surface area contributed by atoms with Gasteiger partial charge in [0.15, 0.2) is 0 Å². The van der Waals surface area contributed by atoms with Gasteiger partial charge in [-0.25, -0.2) is 8.42 Å². The molecule has 1 unspecified atom stereocenters. The predicted octanol–water partition coefficient (Wildman–Crippen LogP) is 4.85. The van der Waals surface area contributed by atoms with Crippen molar-refractivity contribution in [2.75, 3.05) is 15.9 Å². The molecule has 10 heteroatoms. The van der Waals surface area contributed by atoms with Crippen molar-refractivity contribution in [3.8, 4) is 0 Å². The molecule has 0 aliphatic carbocycles. The molecule has 158 valence electrons. The van der Waals surface area contributed by atoms with Gasteiger partial charge in [0.05, 0.1) is 22.5 Å². The first kappa shape index (κ1) is 23.0. The molecular formula is C19H20ClF3N2O3S. The van der Waals surface area contributed by atoms with Crippen molar-refractivity contribution < 1.29 is 26.4 Å². The molecule has 0 saturated carbocycles. The molecule has 0 bridgehead atoms. The SMILES string of the molecule is CCC(C(=O)Nc1ccc(Cl)c(C(F)(F)F)c1)N(c1ccc(C)cc1)S(C)(=O)=O. The Kier molecular flexibility index (Phi) is 6.85. The summed E-state index contributed by atoms with van der Waals surface area (Å²) >= 11 is 5.59. The summed E-state index contributed by atoms with van der Waals surface area (Å²) in [5.41, 5.74) is -0.0428. The topological polar surface area (TPSA) is 66.5 Å². The molecule has 29 heavy (non-hydrogen) atoms. The number of halogens is 4. The van der Waals surface area contributed by atoms with E-state index in [1.54, 1.807) is 31.2 Å². The van der Waals surface area contributed by atoms with Gasteiger partial charge in [-0.05, 0) is 43.7 Å². The van der Waals surface area contributed by atoms with Crippen LogP contribution in [0.3, 0.4) is 0 Å². The van der Waals surface area contributed by atoms with Crippen molar-refractivity contribution in [3.63, 3.8) is 0 Å². The normalized spacial score (nSPS) is 13.1. The van der Waals surface area contributed by atoms with Gasteiger partial charge >= 0.3 is 6.18 Å². The second kappa shape index (κ2) is 8.62. The van der Waals surface area contributed by atoms with Crippen molar-refractivity contribution in [3.05, 3.63) is 58.6 Å². The van der Waals surface area contributed by atoms with E-state index in [4.69, 9.17) is 11.6 Å². The monoisotopic (exact) mass is 448 g/mol. The van der Waals surface area contributed by atoms with Crippen LogP contribution in [0.2, 0.25) is 5.02 Å². The number of nitrogens with zero attached hydrogens (tertiary/aromatic N) is 1. The lowest BCUT2D eigenvalue weighted by atomic mass is 10.1. The zero-order valence-corrected chi connectivity index (χ0v) is 17.5. The van der Waals surface area contributed by atoms with Crippen molar-refractivity contribution in [1.82, 2.24) is 0 Å². The van der Waals surface area contributed by atoms with Crippen LogP contribution >= 0.6 is 11.6 Å². The van der Waals surface area contributed by atoms with Crippen LogP contribution in [0.15, 0.2) is 42.5 Å². The average molecular weight is 449 g/mol. The number of alkyl halides is 3. The molecule has 0 spiro atoms. The Labute approximate surface area is 172 Å². The fourth-order valence-corrected chi connectivity index (χ4v) is 4.23. The maximum Gasteiger partial charge on any atom is 0.417 e. The van der Waals surface area contributed by atoms with Crippen LogP contribution in [0.4, 0.5) is 24.5 Å². The molecule has 1 N–H and O–H groups in total. The average Bonchev–Trinajstić information content (AvgIpc) is 2.60. The van der Waals surface area contributed by atoms with E-state index in [-0.39, 0.29) is 17.8 Å². The number of aryl methyl sites for hydroxylation is 1. The summed E-state index contributed by atoms with van der Waals surface area (Å²) in [4.78, 5) is 12.8.